The molecule has 1 aliphatic heterocycles. The van der Waals surface area contributed by atoms with Gasteiger partial charge in [0.25, 0.3) is 0 Å². The molecular weight excluding hydrogens is 386 g/mol. The first-order valence-electron chi connectivity index (χ1n) is 10.2. The Kier molecular flexibility index (Phi) is 5.30. The van der Waals surface area contributed by atoms with Crippen LogP contribution >= 0.6 is 0 Å². The second kappa shape index (κ2) is 8.07. The molecule has 6 nitrogen and oxygen atoms in total. The van der Waals surface area contributed by atoms with Crippen LogP contribution in [0, 0.1) is 56.7 Å². The predicted octanol–water partition coefficient (Wildman–Crippen LogP) is 2.84. The van der Waals surface area contributed by atoms with Crippen LogP contribution in [0.5, 0.6) is 11.5 Å². The van der Waals surface area contributed by atoms with E-state index in [-0.39, 0.29) is 11.6 Å². The Morgan fingerprint density at radius 2 is 1.74 bits per heavy atom. The molecule has 1 heterocycles. The van der Waals surface area contributed by atoms with E-state index in [4.69, 9.17) is 10.1 Å². The van der Waals surface area contributed by atoms with Crippen molar-refractivity contribution in [1.82, 2.24) is 0 Å². The summed E-state index contributed by atoms with van der Waals surface area (Å²) in [6, 6.07) is 23.2. The summed E-state index contributed by atoms with van der Waals surface area (Å²) in [6.07, 6.45) is 2.02. The molecule has 0 spiro atoms. The van der Waals surface area contributed by atoms with Crippen molar-refractivity contribution in [2.75, 3.05) is 20.1 Å². The Morgan fingerprint density at radius 1 is 1.03 bits per heavy atom. The highest BCUT2D eigenvalue weighted by atomic mass is 16.5. The molecule has 2 N–H and O–H groups in total. The van der Waals surface area contributed by atoms with E-state index in [9.17, 15) is 15.8 Å². The van der Waals surface area contributed by atoms with E-state index in [0.29, 0.717) is 18.0 Å². The van der Waals surface area contributed by atoms with E-state index in [1.807, 2.05) is 60.7 Å². The highest BCUT2D eigenvalue weighted by molar-refractivity contribution is 6.00. The molecule has 0 radical (unpaired) electrons. The molecule has 4 rings (SSSR count). The number of fused-ring (bicyclic) bond motifs is 1. The number of ether oxygens (including phenoxy) is 1. The first-order chi connectivity index (χ1) is 15.0. The SMILES string of the molecule is C[NH+]1CC=C2C(C#N)C(=N)C(C#N)(C#N)[C@@H](c3cccc(Oc4ccccc4)c3)[C@H]2C1. The van der Waals surface area contributed by atoms with Gasteiger partial charge in [-0.05, 0) is 41.5 Å². The van der Waals surface area contributed by atoms with Crippen LogP contribution in [0.4, 0.5) is 0 Å². The molecule has 1 aliphatic carbocycles. The Labute approximate surface area is 181 Å². The lowest BCUT2D eigenvalue weighted by molar-refractivity contribution is -0.878. The number of benzene rings is 2. The minimum atomic E-state index is -1.70. The zero-order valence-electron chi connectivity index (χ0n) is 17.2. The molecule has 0 bridgehead atoms. The van der Waals surface area contributed by atoms with Gasteiger partial charge < -0.3 is 15.0 Å². The second-order valence-electron chi connectivity index (χ2n) is 8.15. The molecule has 2 aromatic carbocycles. The van der Waals surface area contributed by atoms with Crippen molar-refractivity contribution in [3.8, 4) is 29.7 Å². The quantitative estimate of drug-likeness (QED) is 0.761. The average molecular weight is 408 g/mol. The van der Waals surface area contributed by atoms with Gasteiger partial charge in [0.2, 0.25) is 0 Å². The van der Waals surface area contributed by atoms with Crippen LogP contribution in [0.2, 0.25) is 0 Å². The molecule has 0 aromatic heterocycles. The van der Waals surface area contributed by atoms with Gasteiger partial charge in [0.15, 0.2) is 5.41 Å². The standard InChI is InChI=1S/C25H21N5O/c1-30-11-10-20-21(13-26)24(29)25(15-27,16-28)23(22(20)14-30)17-6-5-9-19(12-17)31-18-7-3-2-4-8-18/h2-10,12,21-23,29H,11,14H2,1H3/p+1/t21?,22-,23-/m0/s1. The maximum Gasteiger partial charge on any atom is 0.189 e. The zero-order chi connectivity index (χ0) is 22.0. The third-order valence-electron chi connectivity index (χ3n) is 6.28. The van der Waals surface area contributed by atoms with Gasteiger partial charge >= 0.3 is 0 Å². The normalized spacial score (nSPS) is 26.4. The molecule has 0 amide bonds. The summed E-state index contributed by atoms with van der Waals surface area (Å²) < 4.78 is 5.98. The van der Waals surface area contributed by atoms with Crippen LogP contribution in [0.15, 0.2) is 66.2 Å². The van der Waals surface area contributed by atoms with Crippen LogP contribution in [0.3, 0.4) is 0 Å². The first kappa shape index (κ1) is 20.4. The lowest BCUT2D eigenvalue weighted by atomic mass is 9.54. The molecule has 152 valence electrons. The molecular formula is C25H22N5O+. The number of rotatable bonds is 3. The summed E-state index contributed by atoms with van der Waals surface area (Å²) in [5.74, 6) is -0.282. The van der Waals surface area contributed by atoms with E-state index < -0.39 is 17.3 Å². The molecule has 31 heavy (non-hydrogen) atoms. The molecule has 2 aliphatic rings. The zero-order valence-corrected chi connectivity index (χ0v) is 17.2. The average Bonchev–Trinajstić information content (AvgIpc) is 2.79. The summed E-state index contributed by atoms with van der Waals surface area (Å²) in [5, 5.41) is 38.7. The molecule has 1 fully saturated rings. The lowest BCUT2D eigenvalue weighted by Gasteiger charge is -2.46. The van der Waals surface area contributed by atoms with E-state index in [0.717, 1.165) is 17.7 Å². The number of hydrogen-bond acceptors (Lipinski definition) is 5. The van der Waals surface area contributed by atoms with Crippen molar-refractivity contribution in [3.05, 3.63) is 71.8 Å². The van der Waals surface area contributed by atoms with Crippen molar-refractivity contribution in [2.24, 2.45) is 17.3 Å². The van der Waals surface area contributed by atoms with Crippen LogP contribution < -0.4 is 9.64 Å². The minimum Gasteiger partial charge on any atom is -0.457 e. The molecule has 0 saturated heterocycles. The third kappa shape index (κ3) is 3.36. The number of hydrogen-bond donors (Lipinski definition) is 2. The van der Waals surface area contributed by atoms with Gasteiger partial charge in [-0.3, -0.25) is 0 Å². The van der Waals surface area contributed by atoms with E-state index in [1.165, 1.54) is 4.90 Å². The van der Waals surface area contributed by atoms with E-state index in [1.54, 1.807) is 0 Å². The highest BCUT2D eigenvalue weighted by Gasteiger charge is 2.58. The van der Waals surface area contributed by atoms with E-state index in [2.05, 4.69) is 25.3 Å². The Bertz CT molecular complexity index is 1150. The highest BCUT2D eigenvalue weighted by Crippen LogP contribution is 2.52. The fraction of sp³-hybridized carbons (Fsp3) is 0.280. The van der Waals surface area contributed by atoms with Gasteiger partial charge in [-0.2, -0.15) is 15.8 Å². The van der Waals surface area contributed by atoms with Crippen molar-refractivity contribution in [3.63, 3.8) is 0 Å². The van der Waals surface area contributed by atoms with Crippen LogP contribution in [-0.4, -0.2) is 25.8 Å². The maximum atomic E-state index is 10.1. The molecule has 4 atom stereocenters. The Balaban J connectivity index is 1.84. The lowest BCUT2D eigenvalue weighted by Crippen LogP contribution is -3.10. The van der Waals surface area contributed by atoms with Crippen molar-refractivity contribution in [2.45, 2.75) is 5.92 Å². The second-order valence-corrected chi connectivity index (χ2v) is 8.15. The van der Waals surface area contributed by atoms with Gasteiger partial charge in [-0.15, -0.1) is 0 Å². The van der Waals surface area contributed by atoms with Crippen molar-refractivity contribution in [1.29, 1.82) is 21.2 Å². The van der Waals surface area contributed by atoms with Gasteiger partial charge in [0.1, 0.15) is 17.4 Å². The van der Waals surface area contributed by atoms with Crippen molar-refractivity contribution >= 4 is 5.71 Å². The van der Waals surface area contributed by atoms with Crippen LogP contribution in [-0.2, 0) is 0 Å². The number of quaternary nitrogens is 1. The summed E-state index contributed by atoms with van der Waals surface area (Å²) in [5.41, 5.74) is -0.200. The van der Waals surface area contributed by atoms with Gasteiger partial charge in [0.05, 0.1) is 44.1 Å². The number of nitriles is 3. The topological polar surface area (TPSA) is 109 Å². The monoisotopic (exact) mass is 408 g/mol. The number of likely N-dealkylation sites (N-methyl/N-ethyl adjacent to an activating group) is 1. The summed E-state index contributed by atoms with van der Waals surface area (Å²) in [4.78, 5) is 1.24. The largest absolute Gasteiger partial charge is 0.457 e. The smallest absolute Gasteiger partial charge is 0.189 e. The molecule has 2 unspecified atom stereocenters. The number of nitrogens with one attached hydrogen (secondary N) is 2. The molecule has 2 aromatic rings. The molecule has 6 heteroatoms. The van der Waals surface area contributed by atoms with E-state index >= 15 is 0 Å². The van der Waals surface area contributed by atoms with Crippen LogP contribution in [0.25, 0.3) is 0 Å². The Hall–Kier alpha value is -3.92. The fourth-order valence-corrected chi connectivity index (χ4v) is 4.83. The first-order valence-corrected chi connectivity index (χ1v) is 10.2. The minimum absolute atomic E-state index is 0.124. The summed E-state index contributed by atoms with van der Waals surface area (Å²) >= 11 is 0. The third-order valence-corrected chi connectivity index (χ3v) is 6.28. The maximum absolute atomic E-state index is 10.1. The summed E-state index contributed by atoms with van der Waals surface area (Å²) in [7, 11) is 2.06. The van der Waals surface area contributed by atoms with Crippen molar-refractivity contribution < 1.29 is 9.64 Å². The number of para-hydroxylation sites is 1. The van der Waals surface area contributed by atoms with Crippen LogP contribution in [0.1, 0.15) is 11.5 Å². The number of nitrogens with zero attached hydrogens (tertiary/aromatic N) is 3. The fourth-order valence-electron chi connectivity index (χ4n) is 4.83. The predicted molar refractivity (Wildman–Crippen MR) is 114 cm³/mol. The van der Waals surface area contributed by atoms with Gasteiger partial charge in [-0.1, -0.05) is 30.3 Å². The Morgan fingerprint density at radius 3 is 2.42 bits per heavy atom. The van der Waals surface area contributed by atoms with Gasteiger partial charge in [0, 0.05) is 11.8 Å². The summed E-state index contributed by atoms with van der Waals surface area (Å²) in [6.45, 7) is 1.45. The molecule has 1 saturated carbocycles. The van der Waals surface area contributed by atoms with Gasteiger partial charge in [-0.25, -0.2) is 0 Å².